The molecule has 0 bridgehead atoms. The lowest BCUT2D eigenvalue weighted by molar-refractivity contribution is 0.189. The number of likely N-dealkylation sites (tertiary alicyclic amines) is 1. The van der Waals surface area contributed by atoms with Crippen LogP contribution in [0.5, 0.6) is 5.75 Å². The number of benzene rings is 1. The fraction of sp³-hybridized carbons (Fsp3) is 0.545. The number of ether oxygens (including phenoxy) is 1. The van der Waals surface area contributed by atoms with Crippen molar-refractivity contribution in [2.24, 2.45) is 10.9 Å². The highest BCUT2D eigenvalue weighted by atomic mass is 16.5. The number of nitrogens with one attached hydrogen (secondary N) is 1. The van der Waals surface area contributed by atoms with Crippen molar-refractivity contribution in [1.82, 2.24) is 19.8 Å². The van der Waals surface area contributed by atoms with E-state index >= 15 is 0 Å². The summed E-state index contributed by atoms with van der Waals surface area (Å²) >= 11 is 0. The second-order valence-corrected chi connectivity index (χ2v) is 7.48. The second kappa shape index (κ2) is 10.2. The van der Waals surface area contributed by atoms with Crippen molar-refractivity contribution in [3.05, 3.63) is 48.5 Å². The van der Waals surface area contributed by atoms with Gasteiger partial charge in [-0.2, -0.15) is 0 Å². The summed E-state index contributed by atoms with van der Waals surface area (Å²) in [5.41, 5.74) is 1.33. The number of rotatable bonds is 7. The topological polar surface area (TPSA) is 54.7 Å². The number of nitrogens with zero attached hydrogens (tertiary/aromatic N) is 4. The van der Waals surface area contributed by atoms with E-state index in [4.69, 9.17) is 9.73 Å². The van der Waals surface area contributed by atoms with E-state index in [-0.39, 0.29) is 0 Å². The first-order chi connectivity index (χ1) is 13.7. The first kappa shape index (κ1) is 20.2. The van der Waals surface area contributed by atoms with Crippen molar-refractivity contribution in [3.63, 3.8) is 0 Å². The lowest BCUT2D eigenvalue weighted by atomic mass is 9.93. The molecule has 1 aliphatic rings. The molecular weight excluding hydrogens is 350 g/mol. The molecule has 1 N–H and O–H groups in total. The molecule has 28 heavy (non-hydrogen) atoms. The largest absolute Gasteiger partial charge is 0.497 e. The number of hydrogen-bond acceptors (Lipinski definition) is 3. The minimum Gasteiger partial charge on any atom is -0.497 e. The van der Waals surface area contributed by atoms with Gasteiger partial charge >= 0.3 is 0 Å². The standard InChI is InChI=1S/C22H33N5O/c1-4-24-22(25-12-5-6-19-7-9-20(28-3)10-8-19)26-14-11-18(2)21(16-26)27-15-13-23-17-27/h7-10,13,15,17-18,21H,4-6,11-12,14,16H2,1-3H3,(H,24,25). The fourth-order valence-corrected chi connectivity index (χ4v) is 3.78. The van der Waals surface area contributed by atoms with Crippen molar-refractivity contribution >= 4 is 5.96 Å². The molecule has 6 heteroatoms. The summed E-state index contributed by atoms with van der Waals surface area (Å²) in [6.07, 6.45) is 9.11. The molecule has 1 saturated heterocycles. The van der Waals surface area contributed by atoms with Crippen LogP contribution in [-0.4, -0.2) is 53.7 Å². The minimum atomic E-state index is 0.444. The van der Waals surface area contributed by atoms with E-state index in [2.05, 4.69) is 51.9 Å². The maximum absolute atomic E-state index is 5.22. The van der Waals surface area contributed by atoms with E-state index in [9.17, 15) is 0 Å². The lowest BCUT2D eigenvalue weighted by Crippen LogP contribution is -2.49. The molecule has 2 aromatic rings. The molecule has 1 aromatic carbocycles. The molecule has 0 aliphatic carbocycles. The van der Waals surface area contributed by atoms with Gasteiger partial charge < -0.3 is 19.5 Å². The van der Waals surface area contributed by atoms with Crippen LogP contribution in [0.2, 0.25) is 0 Å². The summed E-state index contributed by atoms with van der Waals surface area (Å²) in [5, 5.41) is 3.48. The third kappa shape index (κ3) is 5.27. The van der Waals surface area contributed by atoms with Crippen molar-refractivity contribution < 1.29 is 4.74 Å². The monoisotopic (exact) mass is 383 g/mol. The predicted molar refractivity (Wildman–Crippen MR) is 114 cm³/mol. The Bertz CT molecular complexity index is 726. The minimum absolute atomic E-state index is 0.444. The Kier molecular flexibility index (Phi) is 7.34. The van der Waals surface area contributed by atoms with Crippen LogP contribution in [0.15, 0.2) is 48.0 Å². The zero-order valence-electron chi connectivity index (χ0n) is 17.3. The Morgan fingerprint density at radius 1 is 1.32 bits per heavy atom. The molecule has 0 spiro atoms. The number of aliphatic imine (C=N–C) groups is 1. The summed E-state index contributed by atoms with van der Waals surface area (Å²) in [6, 6.07) is 8.76. The van der Waals surface area contributed by atoms with Crippen molar-refractivity contribution in [3.8, 4) is 5.75 Å². The Balaban J connectivity index is 1.57. The molecule has 6 nitrogen and oxygen atoms in total. The van der Waals surface area contributed by atoms with E-state index in [0.717, 1.165) is 50.7 Å². The summed E-state index contributed by atoms with van der Waals surface area (Å²) in [7, 11) is 1.70. The molecule has 3 rings (SSSR count). The molecule has 0 saturated carbocycles. The number of aryl methyl sites for hydroxylation is 1. The van der Waals surface area contributed by atoms with Crippen LogP contribution in [-0.2, 0) is 6.42 Å². The number of imidazole rings is 1. The normalized spacial score (nSPS) is 20.2. The number of hydrogen-bond donors (Lipinski definition) is 1. The SMILES string of the molecule is CCNC(=NCCCc1ccc(OC)cc1)N1CCC(C)C(n2ccnc2)C1. The zero-order valence-corrected chi connectivity index (χ0v) is 17.3. The summed E-state index contributed by atoms with van der Waals surface area (Å²) < 4.78 is 7.46. The van der Waals surface area contributed by atoms with Gasteiger partial charge in [0.05, 0.1) is 19.5 Å². The van der Waals surface area contributed by atoms with Gasteiger partial charge in [-0.15, -0.1) is 0 Å². The van der Waals surface area contributed by atoms with Gasteiger partial charge in [0.2, 0.25) is 0 Å². The van der Waals surface area contributed by atoms with E-state index in [0.29, 0.717) is 12.0 Å². The number of aromatic nitrogens is 2. The van der Waals surface area contributed by atoms with Crippen LogP contribution in [0.3, 0.4) is 0 Å². The van der Waals surface area contributed by atoms with Crippen LogP contribution < -0.4 is 10.1 Å². The molecule has 0 amide bonds. The molecule has 1 aromatic heterocycles. The summed E-state index contributed by atoms with van der Waals surface area (Å²) in [5.74, 6) is 2.58. The highest BCUT2D eigenvalue weighted by Gasteiger charge is 2.28. The van der Waals surface area contributed by atoms with E-state index in [1.54, 1.807) is 7.11 Å². The van der Waals surface area contributed by atoms with Gasteiger partial charge in [-0.05, 0) is 49.8 Å². The third-order valence-electron chi connectivity index (χ3n) is 5.51. The highest BCUT2D eigenvalue weighted by Crippen LogP contribution is 2.27. The first-order valence-electron chi connectivity index (χ1n) is 10.3. The maximum Gasteiger partial charge on any atom is 0.193 e. The Labute approximate surface area is 168 Å². The average Bonchev–Trinajstić information content (AvgIpc) is 3.26. The van der Waals surface area contributed by atoms with E-state index in [1.165, 1.54) is 12.0 Å². The van der Waals surface area contributed by atoms with Crippen molar-refractivity contribution in [2.45, 2.75) is 39.2 Å². The Morgan fingerprint density at radius 2 is 2.14 bits per heavy atom. The highest BCUT2D eigenvalue weighted by molar-refractivity contribution is 5.80. The predicted octanol–water partition coefficient (Wildman–Crippen LogP) is 3.37. The molecule has 2 heterocycles. The van der Waals surface area contributed by atoms with Gasteiger partial charge in [0, 0.05) is 38.6 Å². The molecular formula is C22H33N5O. The molecule has 1 fully saturated rings. The number of methoxy groups -OCH3 is 1. The molecule has 1 aliphatic heterocycles. The summed E-state index contributed by atoms with van der Waals surface area (Å²) in [4.78, 5) is 11.5. The van der Waals surface area contributed by atoms with E-state index < -0.39 is 0 Å². The van der Waals surface area contributed by atoms with Crippen molar-refractivity contribution in [2.75, 3.05) is 33.3 Å². The van der Waals surface area contributed by atoms with Gasteiger partial charge in [0.15, 0.2) is 5.96 Å². The Hall–Kier alpha value is -2.50. The third-order valence-corrected chi connectivity index (χ3v) is 5.51. The second-order valence-electron chi connectivity index (χ2n) is 7.48. The molecule has 0 radical (unpaired) electrons. The van der Waals surface area contributed by atoms with Crippen molar-refractivity contribution in [1.29, 1.82) is 0 Å². The van der Waals surface area contributed by atoms with Gasteiger partial charge in [0.25, 0.3) is 0 Å². The zero-order chi connectivity index (χ0) is 19.8. The molecule has 2 unspecified atom stereocenters. The molecule has 2 atom stereocenters. The molecule has 152 valence electrons. The maximum atomic E-state index is 5.22. The van der Waals surface area contributed by atoms with Crippen LogP contribution in [0.4, 0.5) is 0 Å². The van der Waals surface area contributed by atoms with Crippen LogP contribution in [0.25, 0.3) is 0 Å². The quantitative estimate of drug-likeness (QED) is 0.452. The fourth-order valence-electron chi connectivity index (χ4n) is 3.78. The van der Waals surface area contributed by atoms with Gasteiger partial charge in [-0.3, -0.25) is 4.99 Å². The van der Waals surface area contributed by atoms with Crippen LogP contribution in [0.1, 0.15) is 38.3 Å². The number of guanidine groups is 1. The average molecular weight is 384 g/mol. The van der Waals surface area contributed by atoms with Gasteiger partial charge in [-0.1, -0.05) is 19.1 Å². The van der Waals surface area contributed by atoms with Crippen LogP contribution >= 0.6 is 0 Å². The summed E-state index contributed by atoms with van der Waals surface area (Å²) in [6.45, 7) is 8.21. The lowest BCUT2D eigenvalue weighted by Gasteiger charge is -2.39. The van der Waals surface area contributed by atoms with Crippen LogP contribution in [0, 0.1) is 5.92 Å². The van der Waals surface area contributed by atoms with Gasteiger partial charge in [-0.25, -0.2) is 4.98 Å². The smallest absolute Gasteiger partial charge is 0.193 e. The number of piperidine rings is 1. The Morgan fingerprint density at radius 3 is 2.82 bits per heavy atom. The first-order valence-corrected chi connectivity index (χ1v) is 10.3. The van der Waals surface area contributed by atoms with Gasteiger partial charge in [0.1, 0.15) is 5.75 Å². The van der Waals surface area contributed by atoms with E-state index in [1.807, 2.05) is 24.7 Å².